The second kappa shape index (κ2) is 8.62. The Morgan fingerprint density at radius 1 is 1.34 bits per heavy atom. The monoisotopic (exact) mass is 402 g/mol. The number of aromatic amines is 1. The van der Waals surface area contributed by atoms with Crippen LogP contribution < -0.4 is 11.1 Å². The third-order valence-corrected chi connectivity index (χ3v) is 5.36. The maximum Gasteiger partial charge on any atom is 0.326 e. The zero-order chi connectivity index (χ0) is 21.1. The Bertz CT molecular complexity index is 909. The first-order valence-corrected chi connectivity index (χ1v) is 9.62. The summed E-state index contributed by atoms with van der Waals surface area (Å²) in [5, 5.41) is 22.5. The fourth-order valence-electron chi connectivity index (χ4n) is 3.69. The molecule has 2 amide bonds. The van der Waals surface area contributed by atoms with Crippen LogP contribution in [-0.4, -0.2) is 68.7 Å². The lowest BCUT2D eigenvalue weighted by Gasteiger charge is -2.28. The Hall–Kier alpha value is -2.91. The number of para-hydroxylation sites is 1. The van der Waals surface area contributed by atoms with Gasteiger partial charge in [-0.25, -0.2) is 4.79 Å². The minimum atomic E-state index is -1.19. The van der Waals surface area contributed by atoms with Crippen LogP contribution in [0.1, 0.15) is 25.3 Å². The maximum absolute atomic E-state index is 13.2. The van der Waals surface area contributed by atoms with E-state index in [9.17, 15) is 24.6 Å². The molecule has 9 heteroatoms. The third-order valence-electron chi connectivity index (χ3n) is 5.36. The molecular formula is C20H26N4O5. The zero-order valence-electron chi connectivity index (χ0n) is 16.2. The molecule has 29 heavy (non-hydrogen) atoms. The number of carbonyl (C=O) groups excluding carboxylic acids is 2. The number of aliphatic hydroxyl groups is 1. The number of aliphatic hydroxyl groups excluding tert-OH is 1. The van der Waals surface area contributed by atoms with Crippen LogP contribution in [0.3, 0.4) is 0 Å². The summed E-state index contributed by atoms with van der Waals surface area (Å²) in [6.45, 7) is 1.71. The van der Waals surface area contributed by atoms with Gasteiger partial charge >= 0.3 is 5.97 Å². The minimum absolute atomic E-state index is 0.171. The molecule has 0 radical (unpaired) electrons. The van der Waals surface area contributed by atoms with Gasteiger partial charge in [-0.05, 0) is 31.4 Å². The molecule has 1 aromatic carbocycles. The van der Waals surface area contributed by atoms with E-state index in [-0.39, 0.29) is 6.42 Å². The molecule has 0 spiro atoms. The van der Waals surface area contributed by atoms with Gasteiger partial charge in [0.15, 0.2) is 0 Å². The molecule has 1 aliphatic rings. The number of fused-ring (bicyclic) bond motifs is 1. The summed E-state index contributed by atoms with van der Waals surface area (Å²) in [6, 6.07) is 4.47. The molecule has 0 saturated carbocycles. The van der Waals surface area contributed by atoms with Crippen molar-refractivity contribution in [2.24, 2.45) is 5.73 Å². The molecular weight excluding hydrogens is 376 g/mol. The Morgan fingerprint density at radius 3 is 2.76 bits per heavy atom. The summed E-state index contributed by atoms with van der Waals surface area (Å²) >= 11 is 0. The highest BCUT2D eigenvalue weighted by atomic mass is 16.4. The lowest BCUT2D eigenvalue weighted by Crippen LogP contribution is -2.57. The molecule has 1 aromatic heterocycles. The van der Waals surface area contributed by atoms with Crippen LogP contribution in [0.5, 0.6) is 0 Å². The van der Waals surface area contributed by atoms with Gasteiger partial charge in [-0.3, -0.25) is 9.59 Å². The predicted molar refractivity (Wildman–Crippen MR) is 106 cm³/mol. The van der Waals surface area contributed by atoms with Crippen molar-refractivity contribution in [2.75, 3.05) is 6.54 Å². The Morgan fingerprint density at radius 2 is 2.07 bits per heavy atom. The fraction of sp³-hybridized carbons (Fsp3) is 0.450. The van der Waals surface area contributed by atoms with Crippen molar-refractivity contribution in [1.82, 2.24) is 15.2 Å². The first kappa shape index (κ1) is 20.8. The molecule has 4 unspecified atom stereocenters. The normalized spacial score (nSPS) is 19.7. The molecule has 0 bridgehead atoms. The molecule has 4 atom stereocenters. The number of benzene rings is 1. The lowest BCUT2D eigenvalue weighted by atomic mass is 10.0. The number of H-pyrrole nitrogens is 1. The first-order chi connectivity index (χ1) is 13.8. The van der Waals surface area contributed by atoms with Gasteiger partial charge in [0.25, 0.3) is 0 Å². The molecule has 1 aliphatic heterocycles. The number of hydrogen-bond acceptors (Lipinski definition) is 5. The SMILES string of the molecule is CC(O)C(N)C(=O)NC(Cc1c[nH]c2ccccc12)C(=O)N1CCCC1C(=O)O. The van der Waals surface area contributed by atoms with Gasteiger partial charge in [0.1, 0.15) is 18.1 Å². The second-order valence-electron chi connectivity index (χ2n) is 7.42. The Labute approximate surface area is 167 Å². The van der Waals surface area contributed by atoms with Gasteiger partial charge in [-0.1, -0.05) is 18.2 Å². The van der Waals surface area contributed by atoms with E-state index in [0.717, 1.165) is 16.5 Å². The number of likely N-dealkylation sites (tertiary alicyclic amines) is 1. The Kier molecular flexibility index (Phi) is 6.19. The van der Waals surface area contributed by atoms with E-state index in [4.69, 9.17) is 5.73 Å². The van der Waals surface area contributed by atoms with Crippen LogP contribution >= 0.6 is 0 Å². The summed E-state index contributed by atoms with van der Waals surface area (Å²) in [5.74, 6) is -2.19. The summed E-state index contributed by atoms with van der Waals surface area (Å²) in [5.41, 5.74) is 7.42. The number of carbonyl (C=O) groups is 3. The van der Waals surface area contributed by atoms with Gasteiger partial charge in [0.2, 0.25) is 11.8 Å². The lowest BCUT2D eigenvalue weighted by molar-refractivity contribution is -0.149. The number of amides is 2. The molecule has 2 aromatic rings. The van der Waals surface area contributed by atoms with Crippen LogP contribution in [0.2, 0.25) is 0 Å². The number of hydrogen-bond donors (Lipinski definition) is 5. The van der Waals surface area contributed by atoms with Crippen LogP contribution in [0.25, 0.3) is 10.9 Å². The van der Waals surface area contributed by atoms with E-state index in [1.165, 1.54) is 11.8 Å². The summed E-state index contributed by atoms with van der Waals surface area (Å²) in [6.07, 6.45) is 1.82. The topological polar surface area (TPSA) is 149 Å². The van der Waals surface area contributed by atoms with E-state index in [1.807, 2.05) is 24.3 Å². The largest absolute Gasteiger partial charge is 0.480 e. The number of carboxylic acids is 1. The van der Waals surface area contributed by atoms with Crippen LogP contribution in [0.4, 0.5) is 0 Å². The van der Waals surface area contributed by atoms with E-state index in [1.54, 1.807) is 6.20 Å². The summed E-state index contributed by atoms with van der Waals surface area (Å²) < 4.78 is 0. The average Bonchev–Trinajstić information content (AvgIpc) is 3.33. The molecule has 1 fully saturated rings. The minimum Gasteiger partial charge on any atom is -0.480 e. The van der Waals surface area contributed by atoms with Crippen molar-refractivity contribution in [2.45, 2.75) is 50.4 Å². The molecule has 156 valence electrons. The molecule has 2 heterocycles. The molecule has 1 saturated heterocycles. The number of nitrogens with two attached hydrogens (primary N) is 1. The summed E-state index contributed by atoms with van der Waals surface area (Å²) in [7, 11) is 0. The number of nitrogens with one attached hydrogen (secondary N) is 2. The number of aromatic nitrogens is 1. The van der Waals surface area contributed by atoms with E-state index in [2.05, 4.69) is 10.3 Å². The second-order valence-corrected chi connectivity index (χ2v) is 7.42. The van der Waals surface area contributed by atoms with Crippen LogP contribution in [-0.2, 0) is 20.8 Å². The third kappa shape index (κ3) is 4.41. The van der Waals surface area contributed by atoms with Gasteiger partial charge in [-0.2, -0.15) is 0 Å². The van der Waals surface area contributed by atoms with E-state index < -0.39 is 42.0 Å². The van der Waals surface area contributed by atoms with Crippen molar-refractivity contribution in [3.05, 3.63) is 36.0 Å². The highest BCUT2D eigenvalue weighted by Crippen LogP contribution is 2.22. The predicted octanol–water partition coefficient (Wildman–Crippen LogP) is -0.0211. The zero-order valence-corrected chi connectivity index (χ0v) is 16.2. The fourth-order valence-corrected chi connectivity index (χ4v) is 3.69. The van der Waals surface area contributed by atoms with Crippen molar-refractivity contribution in [3.63, 3.8) is 0 Å². The number of nitrogens with zero attached hydrogens (tertiary/aromatic N) is 1. The van der Waals surface area contributed by atoms with Gasteiger partial charge in [0.05, 0.1) is 6.10 Å². The summed E-state index contributed by atoms with van der Waals surface area (Å²) in [4.78, 5) is 41.6. The molecule has 0 aliphatic carbocycles. The number of rotatable bonds is 7. The van der Waals surface area contributed by atoms with Crippen LogP contribution in [0.15, 0.2) is 30.5 Å². The van der Waals surface area contributed by atoms with E-state index >= 15 is 0 Å². The van der Waals surface area contributed by atoms with Crippen molar-refractivity contribution >= 4 is 28.7 Å². The average molecular weight is 402 g/mol. The molecule has 9 nitrogen and oxygen atoms in total. The van der Waals surface area contributed by atoms with Gasteiger partial charge in [-0.15, -0.1) is 0 Å². The standard InChI is InChI=1S/C20H26N4O5/c1-11(25)17(21)18(26)23-15(19(27)24-8-4-7-16(24)20(28)29)9-12-10-22-14-6-3-2-5-13(12)14/h2-3,5-6,10-11,15-17,22,25H,4,7-9,21H2,1H3,(H,23,26)(H,28,29). The highest BCUT2D eigenvalue weighted by Gasteiger charge is 2.38. The maximum atomic E-state index is 13.2. The van der Waals surface area contributed by atoms with Crippen molar-refractivity contribution < 1.29 is 24.6 Å². The van der Waals surface area contributed by atoms with Crippen LogP contribution in [0, 0.1) is 0 Å². The smallest absolute Gasteiger partial charge is 0.326 e. The number of carboxylic acid groups (broad SMARTS) is 1. The van der Waals surface area contributed by atoms with Gasteiger partial charge < -0.3 is 31.1 Å². The van der Waals surface area contributed by atoms with Crippen molar-refractivity contribution in [1.29, 1.82) is 0 Å². The first-order valence-electron chi connectivity index (χ1n) is 9.62. The number of aliphatic carboxylic acids is 1. The van der Waals surface area contributed by atoms with E-state index in [0.29, 0.717) is 19.4 Å². The van der Waals surface area contributed by atoms with Gasteiger partial charge in [0, 0.05) is 30.1 Å². The molecule has 3 rings (SSSR count). The van der Waals surface area contributed by atoms with Crippen molar-refractivity contribution in [3.8, 4) is 0 Å². The quantitative estimate of drug-likeness (QED) is 0.439. The molecule has 6 N–H and O–H groups in total. The highest BCUT2D eigenvalue weighted by molar-refractivity contribution is 5.93. The Balaban J connectivity index is 1.87.